The zero-order chi connectivity index (χ0) is 40.2. The van der Waals surface area contributed by atoms with Crippen LogP contribution in [0.5, 0.6) is 0 Å². The van der Waals surface area contributed by atoms with Gasteiger partial charge in [-0.15, -0.1) is 11.3 Å². The van der Waals surface area contributed by atoms with Crippen molar-refractivity contribution in [2.75, 3.05) is 5.32 Å². The van der Waals surface area contributed by atoms with Gasteiger partial charge in [-0.05, 0) is 117 Å². The van der Waals surface area contributed by atoms with Crippen molar-refractivity contribution in [3.63, 3.8) is 0 Å². The Hall–Kier alpha value is -5.78. The van der Waals surface area contributed by atoms with Gasteiger partial charge in [0.05, 0.1) is 5.52 Å². The number of fused-ring (bicyclic) bond motifs is 12. The highest BCUT2D eigenvalue weighted by atomic mass is 32.1. The lowest BCUT2D eigenvalue weighted by molar-refractivity contribution is 0.332. The molecular formula is C54H47BN2OS. The molecule has 7 aromatic carbocycles. The highest BCUT2D eigenvalue weighted by molar-refractivity contribution is 7.25. The molecule has 0 atom stereocenters. The fourth-order valence-corrected chi connectivity index (χ4v) is 11.7. The maximum atomic E-state index is 6.56. The Morgan fingerprint density at radius 1 is 0.627 bits per heavy atom. The summed E-state index contributed by atoms with van der Waals surface area (Å²) in [5, 5.41) is 11.6. The molecule has 0 unspecified atom stereocenters. The molecule has 0 saturated heterocycles. The lowest BCUT2D eigenvalue weighted by Gasteiger charge is -2.42. The Morgan fingerprint density at radius 3 is 2.14 bits per heavy atom. The Morgan fingerprint density at radius 2 is 1.36 bits per heavy atom. The number of nitrogens with zero attached hydrogens (tertiary/aromatic N) is 1. The Labute approximate surface area is 349 Å². The molecule has 0 spiro atoms. The third-order valence-corrected chi connectivity index (χ3v) is 15.2. The van der Waals surface area contributed by atoms with Gasteiger partial charge in [-0.1, -0.05) is 115 Å². The number of hydrogen-bond acceptors (Lipinski definition) is 3. The number of benzene rings is 7. The summed E-state index contributed by atoms with van der Waals surface area (Å²) in [7, 11) is 0.814. The Kier molecular flexibility index (Phi) is 7.11. The molecule has 0 saturated carbocycles. The van der Waals surface area contributed by atoms with Crippen LogP contribution >= 0.6 is 11.3 Å². The summed E-state index contributed by atoms with van der Waals surface area (Å²) >= 11 is 1.90. The fraction of sp³-hybridized carbons (Fsp3) is 0.222. The van der Waals surface area contributed by atoms with Crippen LogP contribution in [0.1, 0.15) is 78.0 Å². The van der Waals surface area contributed by atoms with Crippen LogP contribution in [0.2, 0.25) is 0 Å². The van der Waals surface area contributed by atoms with Crippen LogP contribution in [0.25, 0.3) is 80.7 Å². The molecule has 59 heavy (non-hydrogen) atoms. The van der Waals surface area contributed by atoms with Crippen LogP contribution in [-0.2, 0) is 16.2 Å². The zero-order valence-electron chi connectivity index (χ0n) is 34.9. The van der Waals surface area contributed by atoms with Gasteiger partial charge < -0.3 is 14.3 Å². The SMILES string of the molecule is CC(C)(C)c1ccc(Nc2cc3c(cc2-c2ccc4c5cc6c(cc5n5c4c2Bc2cc4oc7ccccc7c4cc2-5)sc2ccccc26)C(C)(C)CCC3(C)C)cc1. The molecular weight excluding hydrogens is 735 g/mol. The number of nitrogens with one attached hydrogen (secondary N) is 1. The van der Waals surface area contributed by atoms with Crippen LogP contribution in [0, 0.1) is 0 Å². The Balaban J connectivity index is 1.16. The van der Waals surface area contributed by atoms with Gasteiger partial charge in [-0.2, -0.15) is 0 Å². The summed E-state index contributed by atoms with van der Waals surface area (Å²) in [5.41, 5.74) is 17.7. The first-order valence-electron chi connectivity index (χ1n) is 21.3. The molecule has 3 aromatic heterocycles. The molecule has 0 radical (unpaired) electrons. The molecule has 4 heterocycles. The highest BCUT2D eigenvalue weighted by Gasteiger charge is 2.38. The molecule has 1 aliphatic heterocycles. The minimum atomic E-state index is 0.0662. The smallest absolute Gasteiger partial charge is 0.198 e. The molecule has 0 fully saturated rings. The van der Waals surface area contributed by atoms with Crippen molar-refractivity contribution >= 4 is 105 Å². The summed E-state index contributed by atoms with van der Waals surface area (Å²) < 4.78 is 11.8. The molecule has 12 rings (SSSR count). The molecule has 5 heteroatoms. The van der Waals surface area contributed by atoms with Gasteiger partial charge >= 0.3 is 0 Å². The van der Waals surface area contributed by atoms with Crippen LogP contribution in [-0.4, -0.2) is 11.8 Å². The summed E-state index contributed by atoms with van der Waals surface area (Å²) in [6.45, 7) is 16.6. The molecule has 3 nitrogen and oxygen atoms in total. The van der Waals surface area contributed by atoms with Crippen molar-refractivity contribution in [3.05, 3.63) is 138 Å². The first-order valence-corrected chi connectivity index (χ1v) is 22.1. The predicted octanol–water partition coefficient (Wildman–Crippen LogP) is 13.8. The second-order valence-corrected chi connectivity index (χ2v) is 20.8. The molecule has 10 aromatic rings. The van der Waals surface area contributed by atoms with E-state index in [2.05, 4.69) is 180 Å². The number of hydrogen-bond donors (Lipinski definition) is 1. The number of para-hydroxylation sites is 1. The third-order valence-electron chi connectivity index (χ3n) is 14.0. The van der Waals surface area contributed by atoms with Crippen molar-refractivity contribution in [1.82, 2.24) is 4.57 Å². The summed E-state index contributed by atoms with van der Waals surface area (Å²) in [4.78, 5) is 0. The largest absolute Gasteiger partial charge is 0.456 e. The Bertz CT molecular complexity index is 3420. The van der Waals surface area contributed by atoms with E-state index in [1.54, 1.807) is 0 Å². The molecule has 0 amide bonds. The molecule has 1 aliphatic carbocycles. The summed E-state index contributed by atoms with van der Waals surface area (Å²) in [6, 6.07) is 46.0. The van der Waals surface area contributed by atoms with Gasteiger partial charge in [0.2, 0.25) is 0 Å². The van der Waals surface area contributed by atoms with E-state index in [-0.39, 0.29) is 16.2 Å². The first-order chi connectivity index (χ1) is 28.3. The molecule has 0 bridgehead atoms. The van der Waals surface area contributed by atoms with Crippen molar-refractivity contribution in [1.29, 1.82) is 0 Å². The van der Waals surface area contributed by atoms with Crippen molar-refractivity contribution in [2.24, 2.45) is 0 Å². The normalized spacial score (nSPS) is 15.6. The zero-order valence-corrected chi connectivity index (χ0v) is 35.7. The highest BCUT2D eigenvalue weighted by Crippen LogP contribution is 2.50. The number of thiophene rings is 1. The fourth-order valence-electron chi connectivity index (χ4n) is 10.6. The quantitative estimate of drug-likeness (QED) is 0.181. The van der Waals surface area contributed by atoms with Gasteiger partial charge in [-0.25, -0.2) is 0 Å². The van der Waals surface area contributed by atoms with E-state index < -0.39 is 0 Å². The maximum absolute atomic E-state index is 6.56. The number of aromatic nitrogens is 1. The first kappa shape index (κ1) is 35.2. The van der Waals surface area contributed by atoms with E-state index in [4.69, 9.17) is 4.42 Å². The lowest BCUT2D eigenvalue weighted by atomic mass is 9.58. The lowest BCUT2D eigenvalue weighted by Crippen LogP contribution is -2.37. The van der Waals surface area contributed by atoms with E-state index in [0.717, 1.165) is 29.5 Å². The van der Waals surface area contributed by atoms with Crippen molar-refractivity contribution in [3.8, 4) is 16.8 Å². The number of rotatable bonds is 3. The molecule has 1 N–H and O–H groups in total. The molecule has 288 valence electrons. The van der Waals surface area contributed by atoms with Crippen molar-refractivity contribution in [2.45, 2.75) is 77.6 Å². The average molecular weight is 783 g/mol. The second kappa shape index (κ2) is 11.9. The standard InChI is InChI=1S/C54H47BN2OS/c1-52(2,3)30-16-18-31(19-17-30)56-43-27-41-40(53(4,5)22-23-54(41,6)7)25-36(43)34-20-21-35-37-24-39-33-13-9-11-15-48(33)59-49(39)29-44(37)57-45-26-38-32-12-8-10-14-46(32)58-47(38)28-42(45)55-50(34)51(35)57/h8-21,24-29,55-56H,22-23H2,1-7H3. The topological polar surface area (TPSA) is 30.1 Å². The van der Waals surface area contributed by atoms with E-state index in [0.29, 0.717) is 0 Å². The minimum Gasteiger partial charge on any atom is -0.456 e. The van der Waals surface area contributed by atoms with E-state index in [1.807, 2.05) is 11.3 Å². The van der Waals surface area contributed by atoms with E-state index >= 15 is 0 Å². The average Bonchev–Trinajstić information content (AvgIpc) is 3.87. The van der Waals surface area contributed by atoms with Gasteiger partial charge in [0.1, 0.15) is 11.2 Å². The number of furan rings is 1. The predicted molar refractivity (Wildman–Crippen MR) is 257 cm³/mol. The van der Waals surface area contributed by atoms with Crippen molar-refractivity contribution < 1.29 is 4.42 Å². The van der Waals surface area contributed by atoms with Crippen LogP contribution in [0.3, 0.4) is 0 Å². The van der Waals surface area contributed by atoms with Gasteiger partial charge in [0.25, 0.3) is 0 Å². The van der Waals surface area contributed by atoms with E-state index in [9.17, 15) is 0 Å². The van der Waals surface area contributed by atoms with Gasteiger partial charge in [0, 0.05) is 69.9 Å². The van der Waals surface area contributed by atoms with Gasteiger partial charge in [0.15, 0.2) is 7.28 Å². The maximum Gasteiger partial charge on any atom is 0.198 e. The van der Waals surface area contributed by atoms with E-state index in [1.165, 1.54) is 110 Å². The van der Waals surface area contributed by atoms with Gasteiger partial charge in [-0.3, -0.25) is 0 Å². The minimum absolute atomic E-state index is 0.0662. The van der Waals surface area contributed by atoms with Crippen LogP contribution < -0.4 is 16.2 Å². The summed E-state index contributed by atoms with van der Waals surface area (Å²) in [5.74, 6) is 0. The summed E-state index contributed by atoms with van der Waals surface area (Å²) in [6.07, 6.45) is 2.34. The van der Waals surface area contributed by atoms with Crippen LogP contribution in [0.15, 0.2) is 126 Å². The monoisotopic (exact) mass is 782 g/mol. The number of anilines is 2. The third kappa shape index (κ3) is 5.13. The van der Waals surface area contributed by atoms with Crippen LogP contribution in [0.4, 0.5) is 11.4 Å². The molecule has 2 aliphatic rings. The second-order valence-electron chi connectivity index (χ2n) is 19.7.